The Balaban J connectivity index is 2.10. The predicted octanol–water partition coefficient (Wildman–Crippen LogP) is 1.56. The summed E-state index contributed by atoms with van der Waals surface area (Å²) >= 11 is 0. The van der Waals surface area contributed by atoms with Gasteiger partial charge in [0.15, 0.2) is 0 Å². The number of nitrogens with one attached hydrogen (secondary N) is 1. The Labute approximate surface area is 119 Å². The second-order valence-electron chi connectivity index (χ2n) is 5.82. The van der Waals surface area contributed by atoms with Crippen LogP contribution in [0.4, 0.5) is 5.69 Å². The van der Waals surface area contributed by atoms with Crippen LogP contribution in [0.1, 0.15) is 37.6 Å². The van der Waals surface area contributed by atoms with E-state index in [0.29, 0.717) is 30.0 Å². The van der Waals surface area contributed by atoms with E-state index in [4.69, 9.17) is 10.5 Å². The lowest BCUT2D eigenvalue weighted by Crippen LogP contribution is -2.61. The predicted molar refractivity (Wildman–Crippen MR) is 77.7 cm³/mol. The molecule has 1 amide bonds. The second-order valence-corrected chi connectivity index (χ2v) is 5.82. The average molecular weight is 278 g/mol. The van der Waals surface area contributed by atoms with Crippen LogP contribution in [0.5, 0.6) is 5.75 Å². The number of hydrogen-bond donors (Lipinski definition) is 3. The third kappa shape index (κ3) is 2.72. The standard InChI is InChI=1S/C15H22N2O3/c1-4-20-11-6-9(5-10(16)7-11)14(19)17-12-8-13(18)15(12,2)3/h5-7,12-13,18H,4,8,16H2,1-3H3,(H,17,19). The smallest absolute Gasteiger partial charge is 0.251 e. The molecule has 0 aliphatic heterocycles. The van der Waals surface area contributed by atoms with Crippen LogP contribution in [0.2, 0.25) is 0 Å². The molecule has 1 fully saturated rings. The Bertz CT molecular complexity index is 514. The lowest BCUT2D eigenvalue weighted by atomic mass is 9.64. The number of aliphatic hydroxyl groups excluding tert-OH is 1. The second kappa shape index (κ2) is 5.32. The molecule has 5 nitrogen and oxygen atoms in total. The van der Waals surface area contributed by atoms with E-state index in [1.54, 1.807) is 18.2 Å². The number of aliphatic hydroxyl groups is 1. The van der Waals surface area contributed by atoms with Crippen molar-refractivity contribution in [3.8, 4) is 5.75 Å². The van der Waals surface area contributed by atoms with E-state index in [1.807, 2.05) is 20.8 Å². The molecule has 2 unspecified atom stereocenters. The van der Waals surface area contributed by atoms with Crippen molar-refractivity contribution in [2.75, 3.05) is 12.3 Å². The Morgan fingerprint density at radius 3 is 2.75 bits per heavy atom. The van der Waals surface area contributed by atoms with E-state index >= 15 is 0 Å². The molecule has 0 spiro atoms. The van der Waals surface area contributed by atoms with Crippen molar-refractivity contribution in [3.05, 3.63) is 23.8 Å². The maximum Gasteiger partial charge on any atom is 0.251 e. The summed E-state index contributed by atoms with van der Waals surface area (Å²) in [5, 5.41) is 12.6. The molecular formula is C15H22N2O3. The highest BCUT2D eigenvalue weighted by molar-refractivity contribution is 5.95. The van der Waals surface area contributed by atoms with E-state index < -0.39 is 0 Å². The van der Waals surface area contributed by atoms with Gasteiger partial charge in [-0.2, -0.15) is 0 Å². The van der Waals surface area contributed by atoms with Gasteiger partial charge >= 0.3 is 0 Å². The lowest BCUT2D eigenvalue weighted by Gasteiger charge is -2.49. The third-order valence-electron chi connectivity index (χ3n) is 4.02. The SMILES string of the molecule is CCOc1cc(N)cc(C(=O)NC2CC(O)C2(C)C)c1. The summed E-state index contributed by atoms with van der Waals surface area (Å²) in [4.78, 5) is 12.2. The molecule has 1 aromatic carbocycles. The van der Waals surface area contributed by atoms with Crippen molar-refractivity contribution in [3.63, 3.8) is 0 Å². The highest BCUT2D eigenvalue weighted by atomic mass is 16.5. The normalized spacial score (nSPS) is 23.8. The van der Waals surface area contributed by atoms with Crippen molar-refractivity contribution in [2.24, 2.45) is 5.41 Å². The van der Waals surface area contributed by atoms with E-state index in [-0.39, 0.29) is 23.5 Å². The molecule has 2 rings (SSSR count). The van der Waals surface area contributed by atoms with Gasteiger partial charge in [-0.05, 0) is 25.5 Å². The number of carbonyl (C=O) groups is 1. The summed E-state index contributed by atoms with van der Waals surface area (Å²) < 4.78 is 5.38. The van der Waals surface area contributed by atoms with Gasteiger partial charge < -0.3 is 20.9 Å². The summed E-state index contributed by atoms with van der Waals surface area (Å²) in [5.41, 5.74) is 6.46. The van der Waals surface area contributed by atoms with Gasteiger partial charge in [0, 0.05) is 28.8 Å². The molecule has 1 aliphatic rings. The van der Waals surface area contributed by atoms with E-state index in [1.165, 1.54) is 0 Å². The van der Waals surface area contributed by atoms with Gasteiger partial charge in [0.1, 0.15) is 5.75 Å². The molecule has 0 radical (unpaired) electrons. The zero-order chi connectivity index (χ0) is 14.9. The number of carbonyl (C=O) groups excluding carboxylic acids is 1. The van der Waals surface area contributed by atoms with Crippen LogP contribution < -0.4 is 15.8 Å². The summed E-state index contributed by atoms with van der Waals surface area (Å²) in [6.07, 6.45) is 0.215. The van der Waals surface area contributed by atoms with Gasteiger partial charge in [0.05, 0.1) is 12.7 Å². The maximum atomic E-state index is 12.2. The topological polar surface area (TPSA) is 84.6 Å². The molecule has 1 aliphatic carbocycles. The first-order valence-corrected chi connectivity index (χ1v) is 6.87. The van der Waals surface area contributed by atoms with Gasteiger partial charge in [-0.1, -0.05) is 13.8 Å². The number of amides is 1. The number of ether oxygens (including phenoxy) is 1. The molecule has 0 aromatic heterocycles. The quantitative estimate of drug-likeness (QED) is 0.730. The van der Waals surface area contributed by atoms with Crippen LogP contribution in [0.25, 0.3) is 0 Å². The van der Waals surface area contributed by atoms with Gasteiger partial charge in [-0.15, -0.1) is 0 Å². The molecular weight excluding hydrogens is 256 g/mol. The van der Waals surface area contributed by atoms with Crippen LogP contribution in [0.3, 0.4) is 0 Å². The fourth-order valence-electron chi connectivity index (χ4n) is 2.39. The minimum absolute atomic E-state index is 0.0259. The number of nitrogen functional groups attached to an aromatic ring is 1. The van der Waals surface area contributed by atoms with Crippen LogP contribution in [0.15, 0.2) is 18.2 Å². The molecule has 110 valence electrons. The van der Waals surface area contributed by atoms with Crippen molar-refractivity contribution < 1.29 is 14.6 Å². The van der Waals surface area contributed by atoms with Crippen LogP contribution in [0, 0.1) is 5.41 Å². The number of nitrogens with two attached hydrogens (primary N) is 1. The fourth-order valence-corrected chi connectivity index (χ4v) is 2.39. The number of rotatable bonds is 4. The number of anilines is 1. The molecule has 1 aromatic rings. The van der Waals surface area contributed by atoms with E-state index in [0.717, 1.165) is 0 Å². The Hall–Kier alpha value is -1.75. The van der Waals surface area contributed by atoms with E-state index in [9.17, 15) is 9.90 Å². The molecule has 5 heteroatoms. The Kier molecular flexibility index (Phi) is 3.90. The molecule has 0 saturated heterocycles. The van der Waals surface area contributed by atoms with E-state index in [2.05, 4.69) is 5.32 Å². The summed E-state index contributed by atoms with van der Waals surface area (Å²) in [6.45, 7) is 6.28. The van der Waals surface area contributed by atoms with Gasteiger partial charge in [-0.3, -0.25) is 4.79 Å². The van der Waals surface area contributed by atoms with Crippen molar-refractivity contribution in [1.82, 2.24) is 5.32 Å². The highest BCUT2D eigenvalue weighted by Crippen LogP contribution is 2.40. The molecule has 0 bridgehead atoms. The summed E-state index contributed by atoms with van der Waals surface area (Å²) in [5.74, 6) is 0.397. The highest BCUT2D eigenvalue weighted by Gasteiger charge is 2.47. The number of hydrogen-bond acceptors (Lipinski definition) is 4. The molecule has 0 heterocycles. The molecule has 2 atom stereocenters. The molecule has 20 heavy (non-hydrogen) atoms. The Morgan fingerprint density at radius 1 is 1.50 bits per heavy atom. The van der Waals surface area contributed by atoms with Gasteiger partial charge in [0.25, 0.3) is 5.91 Å². The molecule has 1 saturated carbocycles. The van der Waals surface area contributed by atoms with Crippen molar-refractivity contribution in [2.45, 2.75) is 39.3 Å². The average Bonchev–Trinajstić information content (AvgIpc) is 2.38. The van der Waals surface area contributed by atoms with Crippen LogP contribution in [-0.4, -0.2) is 29.8 Å². The fraction of sp³-hybridized carbons (Fsp3) is 0.533. The van der Waals surface area contributed by atoms with Gasteiger partial charge in [-0.25, -0.2) is 0 Å². The van der Waals surface area contributed by atoms with Crippen molar-refractivity contribution >= 4 is 11.6 Å². The number of benzene rings is 1. The zero-order valence-corrected chi connectivity index (χ0v) is 12.1. The lowest BCUT2D eigenvalue weighted by molar-refractivity contribution is -0.0689. The minimum Gasteiger partial charge on any atom is -0.494 e. The van der Waals surface area contributed by atoms with Crippen LogP contribution in [-0.2, 0) is 0 Å². The summed E-state index contributed by atoms with van der Waals surface area (Å²) in [7, 11) is 0. The minimum atomic E-state index is -0.368. The zero-order valence-electron chi connectivity index (χ0n) is 12.1. The van der Waals surface area contributed by atoms with Crippen molar-refractivity contribution in [1.29, 1.82) is 0 Å². The monoisotopic (exact) mass is 278 g/mol. The first-order valence-electron chi connectivity index (χ1n) is 6.87. The maximum absolute atomic E-state index is 12.2. The first-order chi connectivity index (χ1) is 9.34. The largest absolute Gasteiger partial charge is 0.494 e. The third-order valence-corrected chi connectivity index (χ3v) is 4.02. The Morgan fingerprint density at radius 2 is 2.20 bits per heavy atom. The van der Waals surface area contributed by atoms with Crippen LogP contribution >= 0.6 is 0 Å². The summed E-state index contributed by atoms with van der Waals surface area (Å²) in [6, 6.07) is 4.97. The molecule has 4 N–H and O–H groups in total. The first kappa shape index (κ1) is 14.7. The van der Waals surface area contributed by atoms with Gasteiger partial charge in [0.2, 0.25) is 0 Å².